The second kappa shape index (κ2) is 7.99. The molecule has 0 spiro atoms. The Balaban J connectivity index is 1.29. The van der Waals surface area contributed by atoms with Crippen LogP contribution in [0.1, 0.15) is 69.6 Å². The van der Waals surface area contributed by atoms with Crippen LogP contribution in [0.3, 0.4) is 0 Å². The van der Waals surface area contributed by atoms with Crippen molar-refractivity contribution in [3.8, 4) is 0 Å². The van der Waals surface area contributed by atoms with Crippen molar-refractivity contribution in [3.63, 3.8) is 0 Å². The zero-order valence-electron chi connectivity index (χ0n) is 15.3. The Labute approximate surface area is 159 Å². The van der Waals surface area contributed by atoms with Crippen molar-refractivity contribution in [1.29, 1.82) is 0 Å². The number of hydrogen-bond acceptors (Lipinski definition) is 3. The van der Waals surface area contributed by atoms with Gasteiger partial charge in [-0.1, -0.05) is 43.7 Å². The molecule has 1 aromatic carbocycles. The summed E-state index contributed by atoms with van der Waals surface area (Å²) in [6.45, 7) is 1.63. The fraction of sp³-hybridized carbons (Fsp3) is 0.619. The SMILES string of the molecule is O=C(CCC1CCCCC1)N1CCC(c2nc3cc(Cl)ccc3o2)CC1. The van der Waals surface area contributed by atoms with Crippen LogP contribution in [0.15, 0.2) is 22.6 Å². The number of amides is 1. The highest BCUT2D eigenvalue weighted by molar-refractivity contribution is 6.31. The smallest absolute Gasteiger partial charge is 0.222 e. The highest BCUT2D eigenvalue weighted by atomic mass is 35.5. The van der Waals surface area contributed by atoms with E-state index in [0.717, 1.165) is 61.7 Å². The zero-order valence-corrected chi connectivity index (χ0v) is 16.0. The number of fused-ring (bicyclic) bond motifs is 1. The van der Waals surface area contributed by atoms with Gasteiger partial charge in [0.2, 0.25) is 5.91 Å². The topological polar surface area (TPSA) is 46.3 Å². The Morgan fingerprint density at radius 1 is 1.15 bits per heavy atom. The number of nitrogens with zero attached hydrogens (tertiary/aromatic N) is 2. The van der Waals surface area contributed by atoms with Crippen LogP contribution in [0.5, 0.6) is 0 Å². The average Bonchev–Trinajstić information content (AvgIpc) is 3.10. The van der Waals surface area contributed by atoms with Crippen molar-refractivity contribution >= 4 is 28.6 Å². The molecule has 0 N–H and O–H groups in total. The molecule has 2 fully saturated rings. The molecule has 2 heterocycles. The summed E-state index contributed by atoms with van der Waals surface area (Å²) in [6, 6.07) is 5.54. The molecule has 2 aliphatic rings. The summed E-state index contributed by atoms with van der Waals surface area (Å²) in [5.74, 6) is 2.19. The maximum absolute atomic E-state index is 12.5. The van der Waals surface area contributed by atoms with Gasteiger partial charge in [-0.15, -0.1) is 0 Å². The second-order valence-electron chi connectivity index (χ2n) is 7.86. The molecule has 1 saturated carbocycles. The molecule has 5 heteroatoms. The van der Waals surface area contributed by atoms with Crippen molar-refractivity contribution in [3.05, 3.63) is 29.1 Å². The number of piperidine rings is 1. The third-order valence-corrected chi connectivity index (χ3v) is 6.29. The molecule has 4 nitrogen and oxygen atoms in total. The summed E-state index contributed by atoms with van der Waals surface area (Å²) in [7, 11) is 0. The lowest BCUT2D eigenvalue weighted by atomic mass is 9.86. The van der Waals surface area contributed by atoms with Crippen molar-refractivity contribution in [2.24, 2.45) is 5.92 Å². The first-order valence-electron chi connectivity index (χ1n) is 10.0. The first kappa shape index (κ1) is 17.8. The van der Waals surface area contributed by atoms with Gasteiger partial charge >= 0.3 is 0 Å². The average molecular weight is 375 g/mol. The van der Waals surface area contributed by atoms with E-state index in [1.165, 1.54) is 32.1 Å². The van der Waals surface area contributed by atoms with Crippen LogP contribution in [0.4, 0.5) is 0 Å². The Hall–Kier alpha value is -1.55. The number of likely N-dealkylation sites (tertiary alicyclic amines) is 1. The van der Waals surface area contributed by atoms with Gasteiger partial charge in [0.15, 0.2) is 11.5 Å². The molecule has 0 atom stereocenters. The number of hydrogen-bond donors (Lipinski definition) is 0. The molecule has 1 amide bonds. The predicted octanol–water partition coefficient (Wildman–Crippen LogP) is 5.55. The van der Waals surface area contributed by atoms with Gasteiger partial charge in [-0.05, 0) is 43.4 Å². The Bertz CT molecular complexity index is 758. The minimum Gasteiger partial charge on any atom is -0.440 e. The van der Waals surface area contributed by atoms with Crippen molar-refractivity contribution in [2.75, 3.05) is 13.1 Å². The molecule has 140 valence electrons. The molecule has 26 heavy (non-hydrogen) atoms. The van der Waals surface area contributed by atoms with E-state index in [4.69, 9.17) is 16.0 Å². The largest absolute Gasteiger partial charge is 0.440 e. The molecular formula is C21H27ClN2O2. The van der Waals surface area contributed by atoms with E-state index in [-0.39, 0.29) is 0 Å². The molecule has 4 rings (SSSR count). The van der Waals surface area contributed by atoms with Crippen molar-refractivity contribution < 1.29 is 9.21 Å². The fourth-order valence-electron chi connectivity index (χ4n) is 4.43. The molecule has 1 saturated heterocycles. The number of aromatic nitrogens is 1. The first-order chi connectivity index (χ1) is 12.7. The lowest BCUT2D eigenvalue weighted by molar-refractivity contribution is -0.132. The third-order valence-electron chi connectivity index (χ3n) is 6.05. The Morgan fingerprint density at radius 3 is 2.69 bits per heavy atom. The van der Waals surface area contributed by atoms with Gasteiger partial charge in [0.25, 0.3) is 0 Å². The van der Waals surface area contributed by atoms with Crippen LogP contribution < -0.4 is 0 Å². The lowest BCUT2D eigenvalue weighted by Crippen LogP contribution is -2.38. The maximum atomic E-state index is 12.5. The van der Waals surface area contributed by atoms with Gasteiger partial charge in [-0.25, -0.2) is 4.98 Å². The number of oxazole rings is 1. The van der Waals surface area contributed by atoms with Gasteiger partial charge in [0, 0.05) is 30.5 Å². The molecule has 0 radical (unpaired) electrons. The monoisotopic (exact) mass is 374 g/mol. The van der Waals surface area contributed by atoms with Crippen LogP contribution >= 0.6 is 11.6 Å². The Kier molecular flexibility index (Phi) is 5.49. The van der Waals surface area contributed by atoms with Crippen LogP contribution in [0, 0.1) is 5.92 Å². The van der Waals surface area contributed by atoms with E-state index in [0.29, 0.717) is 16.8 Å². The third kappa shape index (κ3) is 4.06. The van der Waals surface area contributed by atoms with Crippen molar-refractivity contribution in [2.45, 2.75) is 63.7 Å². The maximum Gasteiger partial charge on any atom is 0.222 e. The second-order valence-corrected chi connectivity index (χ2v) is 8.30. The van der Waals surface area contributed by atoms with Gasteiger partial charge in [0.1, 0.15) is 5.52 Å². The minimum absolute atomic E-state index is 0.295. The highest BCUT2D eigenvalue weighted by Gasteiger charge is 2.27. The van der Waals surface area contributed by atoms with Crippen molar-refractivity contribution in [1.82, 2.24) is 9.88 Å². The molecule has 2 aromatic rings. The summed E-state index contributed by atoms with van der Waals surface area (Å²) in [5, 5.41) is 0.677. The summed E-state index contributed by atoms with van der Waals surface area (Å²) in [5.41, 5.74) is 1.61. The molecule has 0 unspecified atom stereocenters. The summed E-state index contributed by atoms with van der Waals surface area (Å²) in [4.78, 5) is 19.2. The molecular weight excluding hydrogens is 348 g/mol. The fourth-order valence-corrected chi connectivity index (χ4v) is 4.60. The van der Waals surface area contributed by atoms with E-state index in [1.54, 1.807) is 0 Å². The summed E-state index contributed by atoms with van der Waals surface area (Å²) in [6.07, 6.45) is 10.3. The van der Waals surface area contributed by atoms with E-state index in [1.807, 2.05) is 23.1 Å². The van der Waals surface area contributed by atoms with Crippen LogP contribution in [0.2, 0.25) is 5.02 Å². The van der Waals surface area contributed by atoms with Gasteiger partial charge in [-0.3, -0.25) is 4.79 Å². The normalized spacial score (nSPS) is 20.0. The lowest BCUT2D eigenvalue weighted by Gasteiger charge is -2.31. The number of rotatable bonds is 4. The molecule has 1 aliphatic heterocycles. The summed E-state index contributed by atoms with van der Waals surface area (Å²) < 4.78 is 5.91. The van der Waals surface area contributed by atoms with Gasteiger partial charge in [-0.2, -0.15) is 0 Å². The number of halogens is 1. The van der Waals surface area contributed by atoms with E-state index in [2.05, 4.69) is 4.98 Å². The number of carbonyl (C=O) groups is 1. The van der Waals surface area contributed by atoms with Crippen LogP contribution in [-0.2, 0) is 4.79 Å². The van der Waals surface area contributed by atoms with Crippen LogP contribution in [-0.4, -0.2) is 28.9 Å². The number of benzene rings is 1. The van der Waals surface area contributed by atoms with E-state index in [9.17, 15) is 4.79 Å². The molecule has 1 aromatic heterocycles. The van der Waals surface area contributed by atoms with Gasteiger partial charge < -0.3 is 9.32 Å². The highest BCUT2D eigenvalue weighted by Crippen LogP contribution is 2.32. The summed E-state index contributed by atoms with van der Waals surface area (Å²) >= 11 is 6.03. The Morgan fingerprint density at radius 2 is 1.92 bits per heavy atom. The quantitative estimate of drug-likeness (QED) is 0.705. The first-order valence-corrected chi connectivity index (χ1v) is 10.4. The van der Waals surface area contributed by atoms with E-state index >= 15 is 0 Å². The molecule has 1 aliphatic carbocycles. The predicted molar refractivity (Wildman–Crippen MR) is 103 cm³/mol. The van der Waals surface area contributed by atoms with E-state index < -0.39 is 0 Å². The standard InChI is InChI=1S/C21H27ClN2O2/c22-17-7-8-19-18(14-17)23-21(26-19)16-10-12-24(13-11-16)20(25)9-6-15-4-2-1-3-5-15/h7-8,14-16H,1-6,9-13H2. The zero-order chi connectivity index (χ0) is 17.9. The van der Waals surface area contributed by atoms with Gasteiger partial charge in [0.05, 0.1) is 0 Å². The molecule has 0 bridgehead atoms. The van der Waals surface area contributed by atoms with Crippen LogP contribution in [0.25, 0.3) is 11.1 Å². The number of carbonyl (C=O) groups excluding carboxylic acids is 1. The minimum atomic E-state index is 0.295.